The first-order valence-corrected chi connectivity index (χ1v) is 5.60. The molecule has 0 aliphatic heterocycles. The Labute approximate surface area is 87.2 Å². The van der Waals surface area contributed by atoms with Gasteiger partial charge in [0.15, 0.2) is 0 Å². The van der Waals surface area contributed by atoms with Gasteiger partial charge in [-0.05, 0) is 39.7 Å². The zero-order chi connectivity index (χ0) is 10.4. The van der Waals surface area contributed by atoms with Gasteiger partial charge in [0, 0.05) is 19.8 Å². The zero-order valence-electron chi connectivity index (χ0n) is 9.58. The van der Waals surface area contributed by atoms with Crippen molar-refractivity contribution in [2.24, 2.45) is 0 Å². The SMILES string of the molecule is COC1CC(NCCCOC(C)C)C1. The number of hydrogen-bond acceptors (Lipinski definition) is 3. The van der Waals surface area contributed by atoms with Crippen LogP contribution in [0.5, 0.6) is 0 Å². The predicted octanol–water partition coefficient (Wildman–Crippen LogP) is 1.57. The van der Waals surface area contributed by atoms with Gasteiger partial charge >= 0.3 is 0 Å². The second-order valence-electron chi connectivity index (χ2n) is 4.25. The first kappa shape index (κ1) is 12.0. The van der Waals surface area contributed by atoms with E-state index in [4.69, 9.17) is 9.47 Å². The molecule has 1 aliphatic rings. The fraction of sp³-hybridized carbons (Fsp3) is 1.00. The minimum Gasteiger partial charge on any atom is -0.381 e. The summed E-state index contributed by atoms with van der Waals surface area (Å²) in [5.41, 5.74) is 0. The Hall–Kier alpha value is -0.120. The molecule has 0 amide bonds. The number of ether oxygens (including phenoxy) is 2. The van der Waals surface area contributed by atoms with E-state index in [0.717, 1.165) is 19.6 Å². The molecule has 14 heavy (non-hydrogen) atoms. The van der Waals surface area contributed by atoms with Crippen LogP contribution in [0.25, 0.3) is 0 Å². The summed E-state index contributed by atoms with van der Waals surface area (Å²) in [6.45, 7) is 6.07. The van der Waals surface area contributed by atoms with Crippen molar-refractivity contribution < 1.29 is 9.47 Å². The van der Waals surface area contributed by atoms with E-state index in [1.165, 1.54) is 12.8 Å². The summed E-state index contributed by atoms with van der Waals surface area (Å²) < 4.78 is 10.7. The lowest BCUT2D eigenvalue weighted by Gasteiger charge is -2.34. The lowest BCUT2D eigenvalue weighted by molar-refractivity contribution is 0.0162. The molecule has 3 heteroatoms. The highest BCUT2D eigenvalue weighted by atomic mass is 16.5. The summed E-state index contributed by atoms with van der Waals surface area (Å²) in [7, 11) is 1.79. The molecule has 84 valence electrons. The molecule has 0 saturated heterocycles. The first-order valence-electron chi connectivity index (χ1n) is 5.60. The van der Waals surface area contributed by atoms with E-state index in [0.29, 0.717) is 18.2 Å². The summed E-state index contributed by atoms with van der Waals surface area (Å²) in [4.78, 5) is 0. The average molecular weight is 201 g/mol. The zero-order valence-corrected chi connectivity index (χ0v) is 9.58. The van der Waals surface area contributed by atoms with Crippen molar-refractivity contribution in [1.29, 1.82) is 0 Å². The molecule has 0 unspecified atom stereocenters. The highest BCUT2D eigenvalue weighted by Crippen LogP contribution is 2.22. The molecule has 3 nitrogen and oxygen atoms in total. The van der Waals surface area contributed by atoms with Gasteiger partial charge in [0.05, 0.1) is 12.2 Å². The van der Waals surface area contributed by atoms with Crippen molar-refractivity contribution in [2.75, 3.05) is 20.3 Å². The van der Waals surface area contributed by atoms with E-state index in [2.05, 4.69) is 19.2 Å². The molecule has 0 aromatic rings. The fourth-order valence-electron chi connectivity index (χ4n) is 1.62. The minimum absolute atomic E-state index is 0.358. The molecule has 0 atom stereocenters. The maximum Gasteiger partial charge on any atom is 0.0601 e. The molecular formula is C11H23NO2. The van der Waals surface area contributed by atoms with Crippen LogP contribution in [0.3, 0.4) is 0 Å². The molecule has 1 aliphatic carbocycles. The quantitative estimate of drug-likeness (QED) is 0.634. The van der Waals surface area contributed by atoms with Gasteiger partial charge in [-0.2, -0.15) is 0 Å². The molecule has 0 bridgehead atoms. The van der Waals surface area contributed by atoms with Gasteiger partial charge in [0.2, 0.25) is 0 Å². The first-order chi connectivity index (χ1) is 6.72. The van der Waals surface area contributed by atoms with Crippen LogP contribution in [0.15, 0.2) is 0 Å². The third-order valence-corrected chi connectivity index (χ3v) is 2.63. The number of hydrogen-bond donors (Lipinski definition) is 1. The monoisotopic (exact) mass is 201 g/mol. The normalized spacial score (nSPS) is 26.6. The van der Waals surface area contributed by atoms with Gasteiger partial charge in [-0.15, -0.1) is 0 Å². The van der Waals surface area contributed by atoms with Crippen molar-refractivity contribution in [3.63, 3.8) is 0 Å². The third-order valence-electron chi connectivity index (χ3n) is 2.63. The summed E-state index contributed by atoms with van der Waals surface area (Å²) >= 11 is 0. The summed E-state index contributed by atoms with van der Waals surface area (Å²) in [6, 6.07) is 0.680. The van der Waals surface area contributed by atoms with Crippen LogP contribution in [0.2, 0.25) is 0 Å². The molecule has 1 saturated carbocycles. The molecule has 0 radical (unpaired) electrons. The van der Waals surface area contributed by atoms with Gasteiger partial charge in [0.1, 0.15) is 0 Å². The summed E-state index contributed by atoms with van der Waals surface area (Å²) in [5.74, 6) is 0. The lowest BCUT2D eigenvalue weighted by atomic mass is 9.89. The molecule has 0 aromatic heterocycles. The largest absolute Gasteiger partial charge is 0.381 e. The van der Waals surface area contributed by atoms with Crippen LogP contribution in [0, 0.1) is 0 Å². The van der Waals surface area contributed by atoms with Crippen LogP contribution < -0.4 is 5.32 Å². The smallest absolute Gasteiger partial charge is 0.0601 e. The molecule has 0 heterocycles. The topological polar surface area (TPSA) is 30.5 Å². The second-order valence-corrected chi connectivity index (χ2v) is 4.25. The van der Waals surface area contributed by atoms with E-state index in [9.17, 15) is 0 Å². The van der Waals surface area contributed by atoms with Crippen LogP contribution >= 0.6 is 0 Å². The molecular weight excluding hydrogens is 178 g/mol. The van der Waals surface area contributed by atoms with Crippen LogP contribution in [0.4, 0.5) is 0 Å². The van der Waals surface area contributed by atoms with E-state index in [1.54, 1.807) is 7.11 Å². The van der Waals surface area contributed by atoms with Gasteiger partial charge in [-0.1, -0.05) is 0 Å². The fourth-order valence-corrected chi connectivity index (χ4v) is 1.62. The molecule has 1 rings (SSSR count). The molecule has 0 spiro atoms. The molecule has 1 N–H and O–H groups in total. The van der Waals surface area contributed by atoms with Crippen LogP contribution in [-0.2, 0) is 9.47 Å². The molecule has 0 aromatic carbocycles. The van der Waals surface area contributed by atoms with Crippen molar-refractivity contribution in [3.05, 3.63) is 0 Å². The van der Waals surface area contributed by atoms with Crippen molar-refractivity contribution >= 4 is 0 Å². The maximum atomic E-state index is 5.45. The van der Waals surface area contributed by atoms with E-state index in [1.807, 2.05) is 0 Å². The Bertz CT molecular complexity index is 144. The van der Waals surface area contributed by atoms with Gasteiger partial charge in [-0.3, -0.25) is 0 Å². The Kier molecular flexibility index (Phi) is 5.45. The van der Waals surface area contributed by atoms with E-state index < -0.39 is 0 Å². The van der Waals surface area contributed by atoms with Crippen molar-refractivity contribution in [3.8, 4) is 0 Å². The second kappa shape index (κ2) is 6.38. The number of rotatable bonds is 7. The Balaban J connectivity index is 1.81. The standard InChI is InChI=1S/C11H23NO2/c1-9(2)14-6-4-5-12-10-7-11(8-10)13-3/h9-12H,4-8H2,1-3H3. The highest BCUT2D eigenvalue weighted by Gasteiger charge is 2.27. The van der Waals surface area contributed by atoms with Gasteiger partial charge < -0.3 is 14.8 Å². The van der Waals surface area contributed by atoms with E-state index in [-0.39, 0.29) is 0 Å². The Morgan fingerprint density at radius 3 is 2.64 bits per heavy atom. The Morgan fingerprint density at radius 2 is 2.07 bits per heavy atom. The lowest BCUT2D eigenvalue weighted by Crippen LogP contribution is -2.45. The highest BCUT2D eigenvalue weighted by molar-refractivity contribution is 4.85. The predicted molar refractivity (Wildman–Crippen MR) is 57.5 cm³/mol. The number of methoxy groups -OCH3 is 1. The van der Waals surface area contributed by atoms with Crippen LogP contribution in [-0.4, -0.2) is 38.5 Å². The van der Waals surface area contributed by atoms with E-state index >= 15 is 0 Å². The summed E-state index contributed by atoms with van der Waals surface area (Å²) in [6.07, 6.45) is 4.30. The Morgan fingerprint density at radius 1 is 1.36 bits per heavy atom. The maximum absolute atomic E-state index is 5.45. The van der Waals surface area contributed by atoms with Gasteiger partial charge in [0.25, 0.3) is 0 Å². The van der Waals surface area contributed by atoms with Crippen molar-refractivity contribution in [1.82, 2.24) is 5.32 Å². The summed E-state index contributed by atoms with van der Waals surface area (Å²) in [5, 5.41) is 3.50. The molecule has 1 fully saturated rings. The third kappa shape index (κ3) is 4.40. The number of nitrogens with one attached hydrogen (secondary N) is 1. The minimum atomic E-state index is 0.358. The van der Waals surface area contributed by atoms with Crippen molar-refractivity contribution in [2.45, 2.75) is 51.4 Å². The average Bonchev–Trinajstić information content (AvgIpc) is 2.07. The van der Waals surface area contributed by atoms with Crippen LogP contribution in [0.1, 0.15) is 33.1 Å². The van der Waals surface area contributed by atoms with Gasteiger partial charge in [-0.25, -0.2) is 0 Å².